The van der Waals surface area contributed by atoms with Crippen LogP contribution in [0.4, 0.5) is 4.79 Å². The molecular formula is C25H33N3O3. The van der Waals surface area contributed by atoms with Crippen LogP contribution in [-0.2, 0) is 17.6 Å². The molecular weight excluding hydrogens is 390 g/mol. The number of rotatable bonds is 2. The smallest absolute Gasteiger partial charge is 0.410 e. The molecule has 2 heterocycles. The molecule has 2 fully saturated rings. The molecule has 6 nitrogen and oxygen atoms in total. The summed E-state index contributed by atoms with van der Waals surface area (Å²) in [6.07, 6.45) is 10.5. The van der Waals surface area contributed by atoms with Gasteiger partial charge in [0.25, 0.3) is 0 Å². The Balaban J connectivity index is 1.42. The van der Waals surface area contributed by atoms with Crippen LogP contribution in [0.1, 0.15) is 82.3 Å². The number of fused-ring (bicyclic) bond motifs is 1. The van der Waals surface area contributed by atoms with E-state index in [1.807, 2.05) is 39.1 Å². The summed E-state index contributed by atoms with van der Waals surface area (Å²) in [5.41, 5.74) is 4.31. The number of carbonyl (C=O) groups is 1. The van der Waals surface area contributed by atoms with Crippen LogP contribution in [0.3, 0.4) is 0 Å². The number of ether oxygens (including phenoxy) is 1. The second kappa shape index (κ2) is 7.28. The van der Waals surface area contributed by atoms with E-state index in [1.54, 1.807) is 4.90 Å². The zero-order chi connectivity index (χ0) is 21.8. The second-order valence-electron chi connectivity index (χ2n) is 10.7. The van der Waals surface area contributed by atoms with E-state index in [4.69, 9.17) is 4.74 Å². The van der Waals surface area contributed by atoms with E-state index < -0.39 is 5.60 Å². The van der Waals surface area contributed by atoms with Crippen molar-refractivity contribution in [2.75, 3.05) is 6.54 Å². The third kappa shape index (κ3) is 3.70. The number of carbonyl (C=O) groups excluding carboxylic acids is 1. The fourth-order valence-electron chi connectivity index (χ4n) is 5.86. The third-order valence-corrected chi connectivity index (χ3v) is 7.26. The lowest BCUT2D eigenvalue weighted by molar-refractivity contribution is 0.0218. The van der Waals surface area contributed by atoms with Crippen LogP contribution in [0.25, 0.3) is 11.3 Å². The van der Waals surface area contributed by atoms with Gasteiger partial charge in [0.1, 0.15) is 17.2 Å². The monoisotopic (exact) mass is 423 g/mol. The van der Waals surface area contributed by atoms with E-state index in [-0.39, 0.29) is 12.1 Å². The predicted octanol–water partition coefficient (Wildman–Crippen LogP) is 5.51. The van der Waals surface area contributed by atoms with Gasteiger partial charge < -0.3 is 14.8 Å². The van der Waals surface area contributed by atoms with Gasteiger partial charge in [-0.15, -0.1) is 0 Å². The summed E-state index contributed by atoms with van der Waals surface area (Å²) in [5.74, 6) is 1.24. The molecule has 2 N–H and O–H groups in total. The van der Waals surface area contributed by atoms with Crippen molar-refractivity contribution in [3.63, 3.8) is 0 Å². The van der Waals surface area contributed by atoms with Crippen molar-refractivity contribution in [3.8, 4) is 17.0 Å². The fourth-order valence-corrected chi connectivity index (χ4v) is 5.86. The minimum absolute atomic E-state index is 0.0880. The van der Waals surface area contributed by atoms with Gasteiger partial charge in [0.15, 0.2) is 0 Å². The summed E-state index contributed by atoms with van der Waals surface area (Å²) in [4.78, 5) is 22.7. The first-order chi connectivity index (χ1) is 14.7. The number of phenolic OH excluding ortho intramolecular Hbond substituents is 1. The molecule has 1 saturated carbocycles. The SMILES string of the molecule is CC(C)(C)OC(=O)N1CCC[C@H]1c1ncc(-c2ccc(O)c3c2CC2(CCCC2)C3)[nH]1. The number of hydrogen-bond donors (Lipinski definition) is 2. The Morgan fingerprint density at radius 2 is 1.94 bits per heavy atom. The van der Waals surface area contributed by atoms with Gasteiger partial charge in [-0.1, -0.05) is 12.8 Å². The number of imidazole rings is 1. The number of aromatic hydroxyl groups is 1. The van der Waals surface area contributed by atoms with E-state index in [9.17, 15) is 9.90 Å². The normalized spacial score (nSPS) is 22.3. The fraction of sp³-hybridized carbons (Fsp3) is 0.600. The summed E-state index contributed by atoms with van der Waals surface area (Å²) < 4.78 is 5.61. The van der Waals surface area contributed by atoms with Crippen LogP contribution >= 0.6 is 0 Å². The number of H-pyrrole nitrogens is 1. The number of nitrogens with one attached hydrogen (secondary N) is 1. The minimum atomic E-state index is -0.513. The van der Waals surface area contributed by atoms with Crippen molar-refractivity contribution in [1.82, 2.24) is 14.9 Å². The highest BCUT2D eigenvalue weighted by Gasteiger charge is 2.42. The lowest BCUT2D eigenvalue weighted by Gasteiger charge is -2.27. The summed E-state index contributed by atoms with van der Waals surface area (Å²) in [6, 6.07) is 3.75. The summed E-state index contributed by atoms with van der Waals surface area (Å²) in [5, 5.41) is 10.5. The van der Waals surface area contributed by atoms with Crippen molar-refractivity contribution >= 4 is 6.09 Å². The lowest BCUT2D eigenvalue weighted by Crippen LogP contribution is -2.36. The summed E-state index contributed by atoms with van der Waals surface area (Å²) in [6.45, 7) is 6.36. The number of amides is 1. The van der Waals surface area contributed by atoms with E-state index >= 15 is 0 Å². The highest BCUT2D eigenvalue weighted by atomic mass is 16.6. The molecule has 0 radical (unpaired) electrons. The summed E-state index contributed by atoms with van der Waals surface area (Å²) in [7, 11) is 0. The molecule has 5 rings (SSSR count). The zero-order valence-corrected chi connectivity index (χ0v) is 18.8. The summed E-state index contributed by atoms with van der Waals surface area (Å²) >= 11 is 0. The highest BCUT2D eigenvalue weighted by Crippen LogP contribution is 2.52. The standard InChI is InChI=1S/C25H33N3O3/c1-24(2,3)31-23(30)28-12-6-7-20(28)22-26-15-19(27-22)16-8-9-21(29)18-14-25(13-17(16)18)10-4-5-11-25/h8-9,15,20,29H,4-7,10-14H2,1-3H3,(H,26,27)/t20-/m0/s1. The van der Waals surface area contributed by atoms with Crippen molar-refractivity contribution in [2.24, 2.45) is 5.41 Å². The molecule has 1 spiro atoms. The first-order valence-electron chi connectivity index (χ1n) is 11.6. The van der Waals surface area contributed by atoms with Crippen LogP contribution in [-0.4, -0.2) is 38.2 Å². The van der Waals surface area contributed by atoms with Gasteiger partial charge in [0, 0.05) is 12.1 Å². The third-order valence-electron chi connectivity index (χ3n) is 7.26. The molecule has 3 aliphatic rings. The van der Waals surface area contributed by atoms with E-state index in [2.05, 4.69) is 9.97 Å². The minimum Gasteiger partial charge on any atom is -0.508 e. The van der Waals surface area contributed by atoms with Crippen LogP contribution < -0.4 is 0 Å². The molecule has 31 heavy (non-hydrogen) atoms. The number of aromatic amines is 1. The van der Waals surface area contributed by atoms with Crippen LogP contribution in [0.5, 0.6) is 5.75 Å². The van der Waals surface area contributed by atoms with Gasteiger partial charge in [0.2, 0.25) is 0 Å². The first-order valence-corrected chi connectivity index (χ1v) is 11.6. The van der Waals surface area contributed by atoms with Gasteiger partial charge in [0.05, 0.1) is 17.9 Å². The molecule has 1 saturated heterocycles. The number of benzene rings is 1. The van der Waals surface area contributed by atoms with Crippen LogP contribution in [0, 0.1) is 5.41 Å². The molecule has 2 aliphatic carbocycles. The molecule has 1 aliphatic heterocycles. The maximum absolute atomic E-state index is 12.7. The van der Waals surface area contributed by atoms with Gasteiger partial charge >= 0.3 is 6.09 Å². The van der Waals surface area contributed by atoms with Crippen molar-refractivity contribution in [3.05, 3.63) is 35.3 Å². The molecule has 1 amide bonds. The van der Waals surface area contributed by atoms with Gasteiger partial charge in [-0.25, -0.2) is 9.78 Å². The maximum atomic E-state index is 12.7. The molecule has 2 aromatic rings. The van der Waals surface area contributed by atoms with Crippen molar-refractivity contribution in [1.29, 1.82) is 0 Å². The number of aromatic nitrogens is 2. The molecule has 1 aromatic heterocycles. The quantitative estimate of drug-likeness (QED) is 0.667. The van der Waals surface area contributed by atoms with E-state index in [0.717, 1.165) is 48.3 Å². The number of phenols is 1. The molecule has 0 bridgehead atoms. The van der Waals surface area contributed by atoms with Crippen LogP contribution in [0.15, 0.2) is 18.3 Å². The number of likely N-dealkylation sites (tertiary alicyclic amines) is 1. The topological polar surface area (TPSA) is 78.4 Å². The Hall–Kier alpha value is -2.50. The number of hydrogen-bond acceptors (Lipinski definition) is 4. The van der Waals surface area contributed by atoms with Gasteiger partial charge in [-0.2, -0.15) is 0 Å². The average Bonchev–Trinajstić information content (AvgIpc) is 3.48. The average molecular weight is 424 g/mol. The van der Waals surface area contributed by atoms with Gasteiger partial charge in [-0.3, -0.25) is 4.90 Å². The second-order valence-corrected chi connectivity index (χ2v) is 10.7. The Morgan fingerprint density at radius 3 is 2.68 bits per heavy atom. The van der Waals surface area contributed by atoms with E-state index in [1.165, 1.54) is 31.2 Å². The zero-order valence-electron chi connectivity index (χ0n) is 18.8. The molecule has 1 aromatic carbocycles. The maximum Gasteiger partial charge on any atom is 0.410 e. The molecule has 0 unspecified atom stereocenters. The number of nitrogens with zero attached hydrogens (tertiary/aromatic N) is 2. The van der Waals surface area contributed by atoms with Crippen molar-refractivity contribution < 1.29 is 14.6 Å². The Labute approximate surface area is 184 Å². The first kappa shape index (κ1) is 20.4. The van der Waals surface area contributed by atoms with E-state index in [0.29, 0.717) is 17.7 Å². The highest BCUT2D eigenvalue weighted by molar-refractivity contribution is 5.70. The van der Waals surface area contributed by atoms with Crippen LogP contribution in [0.2, 0.25) is 0 Å². The molecule has 1 atom stereocenters. The van der Waals surface area contributed by atoms with Gasteiger partial charge in [-0.05, 0) is 88.0 Å². The lowest BCUT2D eigenvalue weighted by atomic mass is 9.83. The molecule has 6 heteroatoms. The predicted molar refractivity (Wildman–Crippen MR) is 119 cm³/mol. The Morgan fingerprint density at radius 1 is 1.19 bits per heavy atom. The molecule has 166 valence electrons. The Kier molecular flexibility index (Phi) is 4.79. The largest absolute Gasteiger partial charge is 0.508 e. The Bertz CT molecular complexity index is 998. The van der Waals surface area contributed by atoms with Crippen molar-refractivity contribution in [2.45, 2.75) is 83.8 Å².